The van der Waals surface area contributed by atoms with Gasteiger partial charge in [-0.05, 0) is 30.4 Å². The average molecular weight is 237 g/mol. The summed E-state index contributed by atoms with van der Waals surface area (Å²) in [4.78, 5) is 0. The van der Waals surface area contributed by atoms with E-state index in [1.54, 1.807) is 7.11 Å². The minimum absolute atomic E-state index is 0.0733. The molecular formula is C14H23NO2. The highest BCUT2D eigenvalue weighted by Gasteiger charge is 2.13. The van der Waals surface area contributed by atoms with Crippen LogP contribution in [0.15, 0.2) is 18.2 Å². The van der Waals surface area contributed by atoms with E-state index in [4.69, 9.17) is 15.6 Å². The molecule has 1 rings (SSSR count). The van der Waals surface area contributed by atoms with Crippen LogP contribution in [0, 0.1) is 0 Å². The molecule has 0 saturated heterocycles. The first kappa shape index (κ1) is 14.0. The quantitative estimate of drug-likeness (QED) is 0.799. The fourth-order valence-electron chi connectivity index (χ4n) is 1.87. The molecule has 17 heavy (non-hydrogen) atoms. The smallest absolute Gasteiger partial charge is 0.123 e. The van der Waals surface area contributed by atoms with Crippen LogP contribution in [0.5, 0.6) is 5.75 Å². The van der Waals surface area contributed by atoms with E-state index in [2.05, 4.69) is 26.0 Å². The summed E-state index contributed by atoms with van der Waals surface area (Å²) < 4.78 is 5.34. The van der Waals surface area contributed by atoms with Crippen molar-refractivity contribution in [3.05, 3.63) is 29.3 Å². The maximum absolute atomic E-state index is 8.84. The minimum Gasteiger partial charge on any atom is -0.496 e. The molecule has 96 valence electrons. The first-order valence-electron chi connectivity index (χ1n) is 6.14. The standard InChI is InChI=1S/C14H23NO2/c1-10(2)11-6-7-14(17-3)12(9-11)13(15)5-4-8-16/h6-7,9-10,13,16H,4-5,8,15H2,1-3H3/t13-/m0/s1. The lowest BCUT2D eigenvalue weighted by molar-refractivity contribution is 0.279. The third-order valence-corrected chi connectivity index (χ3v) is 2.99. The van der Waals surface area contributed by atoms with E-state index in [9.17, 15) is 0 Å². The Kier molecular flexibility index (Phi) is 5.45. The van der Waals surface area contributed by atoms with Gasteiger partial charge in [0.25, 0.3) is 0 Å². The van der Waals surface area contributed by atoms with Crippen LogP contribution in [0.25, 0.3) is 0 Å². The van der Waals surface area contributed by atoms with E-state index in [0.29, 0.717) is 5.92 Å². The van der Waals surface area contributed by atoms with Crippen molar-refractivity contribution in [2.75, 3.05) is 13.7 Å². The van der Waals surface area contributed by atoms with Crippen LogP contribution >= 0.6 is 0 Å². The predicted molar refractivity (Wildman–Crippen MR) is 70.3 cm³/mol. The number of aliphatic hydroxyl groups excluding tert-OH is 1. The van der Waals surface area contributed by atoms with Crippen molar-refractivity contribution in [3.8, 4) is 5.75 Å². The molecule has 0 aromatic heterocycles. The lowest BCUT2D eigenvalue weighted by atomic mass is 9.95. The molecule has 0 unspecified atom stereocenters. The average Bonchev–Trinajstić information content (AvgIpc) is 2.34. The van der Waals surface area contributed by atoms with Crippen LogP contribution < -0.4 is 10.5 Å². The van der Waals surface area contributed by atoms with Crippen LogP contribution in [-0.4, -0.2) is 18.8 Å². The van der Waals surface area contributed by atoms with Gasteiger partial charge in [0, 0.05) is 18.2 Å². The lowest BCUT2D eigenvalue weighted by Gasteiger charge is -2.17. The van der Waals surface area contributed by atoms with Gasteiger partial charge in [-0.25, -0.2) is 0 Å². The molecule has 0 radical (unpaired) electrons. The van der Waals surface area contributed by atoms with Gasteiger partial charge in [0.15, 0.2) is 0 Å². The van der Waals surface area contributed by atoms with E-state index < -0.39 is 0 Å². The van der Waals surface area contributed by atoms with Gasteiger partial charge in [-0.2, -0.15) is 0 Å². The van der Waals surface area contributed by atoms with Crippen LogP contribution in [0.4, 0.5) is 0 Å². The van der Waals surface area contributed by atoms with Crippen molar-refractivity contribution in [3.63, 3.8) is 0 Å². The Bertz CT molecular complexity index is 350. The maximum atomic E-state index is 8.84. The number of ether oxygens (including phenoxy) is 1. The minimum atomic E-state index is -0.0733. The highest BCUT2D eigenvalue weighted by molar-refractivity contribution is 5.40. The topological polar surface area (TPSA) is 55.5 Å². The van der Waals surface area contributed by atoms with E-state index in [-0.39, 0.29) is 12.6 Å². The number of hydrogen-bond donors (Lipinski definition) is 2. The second-order valence-corrected chi connectivity index (χ2v) is 4.63. The molecule has 0 amide bonds. The largest absolute Gasteiger partial charge is 0.496 e. The van der Waals surface area contributed by atoms with E-state index >= 15 is 0 Å². The summed E-state index contributed by atoms with van der Waals surface area (Å²) in [5.74, 6) is 1.31. The van der Waals surface area contributed by atoms with Crippen LogP contribution in [0.3, 0.4) is 0 Å². The summed E-state index contributed by atoms with van der Waals surface area (Å²) in [6.07, 6.45) is 1.49. The summed E-state index contributed by atoms with van der Waals surface area (Å²) in [7, 11) is 1.66. The molecule has 0 spiro atoms. The SMILES string of the molecule is COc1ccc(C(C)C)cc1[C@@H](N)CCCO. The molecule has 3 nitrogen and oxygen atoms in total. The van der Waals surface area contributed by atoms with Crippen molar-refractivity contribution in [2.45, 2.75) is 38.6 Å². The fraction of sp³-hybridized carbons (Fsp3) is 0.571. The Labute approximate surface area is 104 Å². The Morgan fingerprint density at radius 1 is 1.35 bits per heavy atom. The molecule has 3 N–H and O–H groups in total. The summed E-state index contributed by atoms with van der Waals surface area (Å²) in [5, 5.41) is 8.84. The molecule has 1 aromatic rings. The van der Waals surface area contributed by atoms with Crippen molar-refractivity contribution < 1.29 is 9.84 Å². The predicted octanol–water partition coefficient (Wildman–Crippen LogP) is 2.59. The summed E-state index contributed by atoms with van der Waals surface area (Å²) in [6, 6.07) is 6.09. The Balaban J connectivity index is 2.96. The van der Waals surface area contributed by atoms with Gasteiger partial charge >= 0.3 is 0 Å². The summed E-state index contributed by atoms with van der Waals surface area (Å²) >= 11 is 0. The normalized spacial score (nSPS) is 12.8. The molecule has 1 aromatic carbocycles. The summed E-state index contributed by atoms with van der Waals surface area (Å²) in [6.45, 7) is 4.50. The summed E-state index contributed by atoms with van der Waals surface area (Å²) in [5.41, 5.74) is 8.43. The Morgan fingerprint density at radius 3 is 2.59 bits per heavy atom. The van der Waals surface area contributed by atoms with Crippen LogP contribution in [-0.2, 0) is 0 Å². The van der Waals surface area contributed by atoms with E-state index in [1.807, 2.05) is 6.07 Å². The number of aliphatic hydroxyl groups is 1. The van der Waals surface area contributed by atoms with E-state index in [1.165, 1.54) is 5.56 Å². The molecule has 0 saturated carbocycles. The lowest BCUT2D eigenvalue weighted by Crippen LogP contribution is -2.12. The van der Waals surface area contributed by atoms with Crippen LogP contribution in [0.1, 0.15) is 49.8 Å². The van der Waals surface area contributed by atoms with Gasteiger partial charge in [0.05, 0.1) is 7.11 Å². The molecule has 0 aliphatic heterocycles. The van der Waals surface area contributed by atoms with Crippen molar-refractivity contribution in [2.24, 2.45) is 5.73 Å². The monoisotopic (exact) mass is 237 g/mol. The molecule has 0 bridgehead atoms. The van der Waals surface area contributed by atoms with Crippen LogP contribution in [0.2, 0.25) is 0 Å². The zero-order valence-corrected chi connectivity index (χ0v) is 10.9. The molecule has 1 atom stereocenters. The van der Waals surface area contributed by atoms with Gasteiger partial charge in [-0.3, -0.25) is 0 Å². The highest BCUT2D eigenvalue weighted by Crippen LogP contribution is 2.29. The molecule has 0 aliphatic carbocycles. The molecule has 0 aliphatic rings. The number of methoxy groups -OCH3 is 1. The number of nitrogens with two attached hydrogens (primary N) is 1. The van der Waals surface area contributed by atoms with Gasteiger partial charge in [0.2, 0.25) is 0 Å². The number of hydrogen-bond acceptors (Lipinski definition) is 3. The molecule has 3 heteroatoms. The fourth-order valence-corrected chi connectivity index (χ4v) is 1.87. The molecule has 0 heterocycles. The van der Waals surface area contributed by atoms with Crippen molar-refractivity contribution in [1.82, 2.24) is 0 Å². The second-order valence-electron chi connectivity index (χ2n) is 4.63. The molecule has 0 fully saturated rings. The van der Waals surface area contributed by atoms with Crippen molar-refractivity contribution >= 4 is 0 Å². The third kappa shape index (κ3) is 3.72. The first-order chi connectivity index (χ1) is 8.10. The maximum Gasteiger partial charge on any atom is 0.123 e. The van der Waals surface area contributed by atoms with Gasteiger partial charge < -0.3 is 15.6 Å². The highest BCUT2D eigenvalue weighted by atomic mass is 16.5. The van der Waals surface area contributed by atoms with E-state index in [0.717, 1.165) is 24.2 Å². The number of benzene rings is 1. The number of rotatable bonds is 6. The van der Waals surface area contributed by atoms with Gasteiger partial charge in [0.1, 0.15) is 5.75 Å². The van der Waals surface area contributed by atoms with Gasteiger partial charge in [-0.1, -0.05) is 26.0 Å². The Morgan fingerprint density at radius 2 is 2.06 bits per heavy atom. The second kappa shape index (κ2) is 6.62. The van der Waals surface area contributed by atoms with Crippen molar-refractivity contribution in [1.29, 1.82) is 0 Å². The molecular weight excluding hydrogens is 214 g/mol. The zero-order valence-electron chi connectivity index (χ0n) is 10.9. The zero-order chi connectivity index (χ0) is 12.8. The Hall–Kier alpha value is -1.06. The van der Waals surface area contributed by atoms with Gasteiger partial charge in [-0.15, -0.1) is 0 Å². The third-order valence-electron chi connectivity index (χ3n) is 2.99. The first-order valence-corrected chi connectivity index (χ1v) is 6.14.